The molecule has 0 amide bonds. The summed E-state index contributed by atoms with van der Waals surface area (Å²) in [6.07, 6.45) is 2.68. The molecule has 2 aliphatic rings. The zero-order valence-corrected chi connectivity index (χ0v) is 40.6. The van der Waals surface area contributed by atoms with Crippen LogP contribution >= 0.6 is 0 Å². The van der Waals surface area contributed by atoms with Crippen molar-refractivity contribution in [2.45, 2.75) is 145 Å². The molecule has 336 valence electrons. The van der Waals surface area contributed by atoms with Gasteiger partial charge in [-0.2, -0.15) is 0 Å². The quantitative estimate of drug-likeness (QED) is 0.0582. The van der Waals surface area contributed by atoms with Crippen LogP contribution in [-0.2, 0) is 52.7 Å². The predicted molar refractivity (Wildman–Crippen MR) is 251 cm³/mol. The molecule has 0 bridgehead atoms. The molecule has 0 spiro atoms. The van der Waals surface area contributed by atoms with Crippen molar-refractivity contribution in [2.75, 3.05) is 19.8 Å². The molecule has 0 aromatic heterocycles. The van der Waals surface area contributed by atoms with Gasteiger partial charge in [-0.05, 0) is 0 Å². The molecule has 4 aromatic rings. The monoisotopic (exact) mass is 930 g/mol. The molecule has 4 aromatic carbocycles. The molecule has 8 atom stereocenters. The fourth-order valence-corrected chi connectivity index (χ4v) is 17.3. The predicted octanol–water partition coefficient (Wildman–Crippen LogP) is 9.56. The van der Waals surface area contributed by atoms with Crippen LogP contribution in [0.5, 0.6) is 0 Å². The molecule has 1 saturated heterocycles. The molecule has 0 unspecified atom stereocenters. The van der Waals surface area contributed by atoms with Crippen molar-refractivity contribution in [3.8, 4) is 0 Å². The summed E-state index contributed by atoms with van der Waals surface area (Å²) in [5, 5.41) is 10.1. The Morgan fingerprint density at radius 3 is 1.84 bits per heavy atom. The van der Waals surface area contributed by atoms with Gasteiger partial charge in [-0.1, -0.05) is 12.1 Å². The van der Waals surface area contributed by atoms with Gasteiger partial charge in [0.05, 0.1) is 0 Å². The third-order valence-electron chi connectivity index (χ3n) is 12.6. The van der Waals surface area contributed by atoms with Gasteiger partial charge >= 0.3 is 369 Å². The van der Waals surface area contributed by atoms with E-state index in [0.29, 0.717) is 62.5 Å². The van der Waals surface area contributed by atoms with E-state index in [-0.39, 0.29) is 38.8 Å². The number of aliphatic hydroxyl groups is 1. The van der Waals surface area contributed by atoms with Gasteiger partial charge in [0.25, 0.3) is 0 Å². The van der Waals surface area contributed by atoms with Crippen LogP contribution in [0.2, 0.25) is 16.6 Å². The molecule has 0 radical (unpaired) electrons. The Morgan fingerprint density at radius 2 is 1.27 bits per heavy atom. The molecule has 2 heterocycles. The molecule has 0 saturated carbocycles. The van der Waals surface area contributed by atoms with Crippen LogP contribution in [0.1, 0.15) is 78.0 Å². The molecule has 10 heteroatoms. The van der Waals surface area contributed by atoms with Crippen molar-refractivity contribution < 1.29 is 38.0 Å². The maximum atomic E-state index is 10.4. The Bertz CT molecular complexity index is 1860. The number of aliphatic hydroxyl groups excluding tert-OH is 1. The Labute approximate surface area is 378 Å². The van der Waals surface area contributed by atoms with E-state index in [1.165, 1.54) is 4.46 Å². The average molecular weight is 930 g/mol. The van der Waals surface area contributed by atoms with E-state index >= 15 is 0 Å². The summed E-state index contributed by atoms with van der Waals surface area (Å²) in [5.41, 5.74) is 3.36. The van der Waals surface area contributed by atoms with E-state index in [1.807, 2.05) is 48.6 Å². The van der Waals surface area contributed by atoms with Crippen LogP contribution in [0, 0.1) is 0 Å². The third kappa shape index (κ3) is 12.9. The Kier molecular flexibility index (Phi) is 18.6. The van der Waals surface area contributed by atoms with Crippen molar-refractivity contribution >= 4 is 27.7 Å². The minimum atomic E-state index is -2.50. The van der Waals surface area contributed by atoms with E-state index in [4.69, 9.17) is 32.8 Å². The van der Waals surface area contributed by atoms with Crippen molar-refractivity contribution in [1.29, 1.82) is 0 Å². The minimum absolute atomic E-state index is 0.131. The number of ether oxygens (including phenoxy) is 6. The zero-order valence-electron chi connectivity index (χ0n) is 37.8. The van der Waals surface area contributed by atoms with Crippen molar-refractivity contribution in [3.63, 3.8) is 0 Å². The van der Waals surface area contributed by atoms with E-state index < -0.39 is 38.3 Å². The number of hydrogen-bond donors (Lipinski definition) is 1. The molecule has 1 N–H and O–H groups in total. The average Bonchev–Trinajstić information content (AvgIpc) is 3.28. The van der Waals surface area contributed by atoms with Crippen LogP contribution in [0.15, 0.2) is 133 Å². The second kappa shape index (κ2) is 23.8. The normalized spacial score (nSPS) is 24.1. The van der Waals surface area contributed by atoms with E-state index in [9.17, 15) is 5.11 Å². The molecular formula is C52H70O8SeSi. The summed E-state index contributed by atoms with van der Waals surface area (Å²) in [7, 11) is -2.50. The molecule has 0 aliphatic carbocycles. The summed E-state index contributed by atoms with van der Waals surface area (Å²) in [5.74, 6) is 0. The van der Waals surface area contributed by atoms with Gasteiger partial charge in [-0.3, -0.25) is 0 Å². The molecule has 6 rings (SSSR count). The number of rotatable bonds is 23. The van der Waals surface area contributed by atoms with Gasteiger partial charge in [0, 0.05) is 0 Å². The molecular weight excluding hydrogens is 860 g/mol. The first-order chi connectivity index (χ1) is 30.0. The van der Waals surface area contributed by atoms with Crippen LogP contribution in [0.4, 0.5) is 0 Å². The Morgan fingerprint density at radius 1 is 0.726 bits per heavy atom. The number of hydrogen-bond acceptors (Lipinski definition) is 8. The van der Waals surface area contributed by atoms with Crippen LogP contribution < -0.4 is 4.46 Å². The molecule has 62 heavy (non-hydrogen) atoms. The summed E-state index contributed by atoms with van der Waals surface area (Å²) in [6.45, 7) is 18.2. The summed E-state index contributed by atoms with van der Waals surface area (Å²) in [6, 6.07) is 41.5. The van der Waals surface area contributed by atoms with Crippen LogP contribution in [-0.4, -0.2) is 95.4 Å². The van der Waals surface area contributed by atoms with Gasteiger partial charge in [-0.15, -0.1) is 0 Å². The molecule has 1 fully saturated rings. The van der Waals surface area contributed by atoms with Crippen molar-refractivity contribution in [3.05, 3.63) is 150 Å². The van der Waals surface area contributed by atoms with Crippen LogP contribution in [0.3, 0.4) is 0 Å². The number of benzene rings is 4. The first-order valence-electron chi connectivity index (χ1n) is 22.6. The topological polar surface area (TPSA) is 84.8 Å². The summed E-state index contributed by atoms with van der Waals surface area (Å²) < 4.78 is 50.5. The standard InChI is InChI=1S/C52H70O8SeSi/c1-38(2)62(39(3)4,40(5)6)60-50-31-46(56-35-42-23-14-9-15-24-42)48(37-54-34-41-21-12-8-13-22-41)59-52(50,7)49(57-36-43-25-16-10-17-26-43)32-51(61-44-27-18-11-19-28-44)58-45-29-20-30-55-47(45)33-53/h8-29,38-40,45-51,53H,30-37H2,1-7H3/t45-,46-,47+,48+,49+,50+,51-,52-/m0/s1. The van der Waals surface area contributed by atoms with Gasteiger partial charge in [0.1, 0.15) is 0 Å². The van der Waals surface area contributed by atoms with Crippen molar-refractivity contribution in [2.24, 2.45) is 0 Å². The second-order valence-corrected chi connectivity index (χ2v) is 25.8. The maximum absolute atomic E-state index is 10.4. The molecule has 8 nitrogen and oxygen atoms in total. The summed E-state index contributed by atoms with van der Waals surface area (Å²) in [4.78, 5) is 0. The fourth-order valence-electron chi connectivity index (χ4n) is 9.39. The van der Waals surface area contributed by atoms with Gasteiger partial charge in [0.2, 0.25) is 0 Å². The first-order valence-corrected chi connectivity index (χ1v) is 26.5. The third-order valence-corrected chi connectivity index (χ3v) is 21.0. The van der Waals surface area contributed by atoms with E-state index in [0.717, 1.165) is 16.7 Å². The fraction of sp³-hybridized carbons (Fsp3) is 0.500. The van der Waals surface area contributed by atoms with E-state index in [2.05, 4.69) is 133 Å². The summed E-state index contributed by atoms with van der Waals surface area (Å²) >= 11 is -0.131. The first kappa shape index (κ1) is 48.5. The van der Waals surface area contributed by atoms with E-state index in [1.54, 1.807) is 0 Å². The SMILES string of the molecule is CC(C)[Si](O[C@@H]1C[C@H](OCc2ccccc2)[C@@H](COCc2ccccc2)O[C@@]1(C)[C@@H](C[C@@H](O[C@H]1C=CCO[C@@H]1CO)[Se]c1ccccc1)OCc1ccccc1)(C(C)C)C(C)C. The zero-order chi connectivity index (χ0) is 44.0. The Balaban J connectivity index is 1.43. The van der Waals surface area contributed by atoms with Gasteiger partial charge in [0.15, 0.2) is 0 Å². The second-order valence-electron chi connectivity index (χ2n) is 17.8. The van der Waals surface area contributed by atoms with Gasteiger partial charge < -0.3 is 0 Å². The van der Waals surface area contributed by atoms with Crippen molar-refractivity contribution in [1.82, 2.24) is 0 Å². The Hall–Kier alpha value is -2.96. The van der Waals surface area contributed by atoms with Crippen LogP contribution in [0.25, 0.3) is 0 Å². The molecule has 2 aliphatic heterocycles. The van der Waals surface area contributed by atoms with Gasteiger partial charge in [-0.25, -0.2) is 0 Å².